The molecule has 2 rings (SSSR count). The number of rotatable bonds is 5. The molecule has 126 valence electrons. The number of halogens is 2. The molecule has 1 amide bonds. The maximum Gasteiger partial charge on any atom is 0.350 e. The molecule has 0 radical (unpaired) electrons. The molecule has 0 aromatic carbocycles. The zero-order chi connectivity index (χ0) is 17.4. The third kappa shape index (κ3) is 2.97. The maximum atomic E-state index is 13.0. The van der Waals surface area contributed by atoms with Crippen molar-refractivity contribution in [1.82, 2.24) is 14.8 Å². The zero-order valence-electron chi connectivity index (χ0n) is 12.1. The van der Waals surface area contributed by atoms with Crippen molar-refractivity contribution in [2.45, 2.75) is 32.0 Å². The summed E-state index contributed by atoms with van der Waals surface area (Å²) in [5, 5.41) is 28.3. The summed E-state index contributed by atoms with van der Waals surface area (Å²) in [6.07, 6.45) is -2.79. The molecule has 1 aromatic heterocycles. The number of aromatic nitrogens is 2. The van der Waals surface area contributed by atoms with E-state index in [1.165, 1.54) is 6.92 Å². The Hall–Kier alpha value is -2.63. The number of hydrogen-bond acceptors (Lipinski definition) is 7. The van der Waals surface area contributed by atoms with E-state index >= 15 is 0 Å². The van der Waals surface area contributed by atoms with Gasteiger partial charge in [-0.3, -0.25) is 19.6 Å². The summed E-state index contributed by atoms with van der Waals surface area (Å²) in [5.74, 6) is -1.32. The normalized spacial score (nSPS) is 20.8. The molecule has 0 aliphatic carbocycles. The van der Waals surface area contributed by atoms with Crippen LogP contribution >= 0.6 is 0 Å². The van der Waals surface area contributed by atoms with E-state index in [2.05, 4.69) is 10.2 Å². The SMILES string of the molecule is COc1nn(CC(=O)N2N=C(C)C[C@@]2(O)C(F)F)cc1[N+](=O)[O-]. The van der Waals surface area contributed by atoms with Gasteiger partial charge in [-0.15, -0.1) is 5.10 Å². The first-order chi connectivity index (χ1) is 10.7. The fraction of sp³-hybridized carbons (Fsp3) is 0.545. The maximum absolute atomic E-state index is 13.0. The fourth-order valence-corrected chi connectivity index (χ4v) is 2.14. The summed E-state index contributed by atoms with van der Waals surface area (Å²) < 4.78 is 31.6. The number of nitrogens with zero attached hydrogens (tertiary/aromatic N) is 5. The van der Waals surface area contributed by atoms with Gasteiger partial charge in [0.15, 0.2) is 0 Å². The number of nitro groups is 1. The molecule has 0 spiro atoms. The summed E-state index contributed by atoms with van der Waals surface area (Å²) >= 11 is 0. The Labute approximate surface area is 128 Å². The van der Waals surface area contributed by atoms with E-state index in [0.717, 1.165) is 18.0 Å². The Bertz CT molecular complexity index is 676. The highest BCUT2D eigenvalue weighted by molar-refractivity contribution is 5.88. The van der Waals surface area contributed by atoms with Crippen molar-refractivity contribution in [1.29, 1.82) is 0 Å². The molecule has 0 saturated heterocycles. The largest absolute Gasteiger partial charge is 0.475 e. The van der Waals surface area contributed by atoms with Gasteiger partial charge in [0.25, 0.3) is 12.3 Å². The lowest BCUT2D eigenvalue weighted by Gasteiger charge is -2.29. The van der Waals surface area contributed by atoms with Crippen molar-refractivity contribution in [2.75, 3.05) is 7.11 Å². The van der Waals surface area contributed by atoms with Crippen molar-refractivity contribution in [3.8, 4) is 5.88 Å². The van der Waals surface area contributed by atoms with E-state index in [1.54, 1.807) is 0 Å². The van der Waals surface area contributed by atoms with Gasteiger partial charge in [-0.2, -0.15) is 10.1 Å². The van der Waals surface area contributed by atoms with Crippen LogP contribution in [0.2, 0.25) is 0 Å². The number of carbonyl (C=O) groups is 1. The van der Waals surface area contributed by atoms with E-state index in [9.17, 15) is 28.8 Å². The van der Waals surface area contributed by atoms with Gasteiger partial charge < -0.3 is 9.84 Å². The van der Waals surface area contributed by atoms with Crippen molar-refractivity contribution in [2.24, 2.45) is 5.10 Å². The van der Waals surface area contributed by atoms with Crippen LogP contribution in [-0.4, -0.2) is 55.7 Å². The van der Waals surface area contributed by atoms with Gasteiger partial charge in [0.2, 0.25) is 5.72 Å². The lowest BCUT2D eigenvalue weighted by Crippen LogP contribution is -2.52. The Balaban J connectivity index is 2.23. The van der Waals surface area contributed by atoms with E-state index in [-0.39, 0.29) is 16.6 Å². The first kappa shape index (κ1) is 16.7. The van der Waals surface area contributed by atoms with Crippen LogP contribution in [0.4, 0.5) is 14.5 Å². The van der Waals surface area contributed by atoms with Crippen LogP contribution in [0.25, 0.3) is 0 Å². The van der Waals surface area contributed by atoms with Crippen LogP contribution in [0, 0.1) is 10.1 Å². The predicted molar refractivity (Wildman–Crippen MR) is 71.0 cm³/mol. The van der Waals surface area contributed by atoms with Gasteiger partial charge in [0, 0.05) is 12.1 Å². The molecule has 0 unspecified atom stereocenters. The lowest BCUT2D eigenvalue weighted by atomic mass is 10.1. The van der Waals surface area contributed by atoms with Gasteiger partial charge in [0.1, 0.15) is 12.7 Å². The minimum Gasteiger partial charge on any atom is -0.475 e. The third-order valence-electron chi connectivity index (χ3n) is 3.14. The topological polar surface area (TPSA) is 123 Å². The van der Waals surface area contributed by atoms with E-state index in [0.29, 0.717) is 0 Å². The number of hydrazone groups is 1. The molecule has 1 aliphatic heterocycles. The number of ether oxygens (including phenoxy) is 1. The standard InChI is InChI=1S/C11H13F2N5O5/c1-6-3-11(20,10(12)13)17(14-6)8(19)5-16-4-7(18(21)22)9(15-16)23-2/h4,10,20H,3,5H2,1-2H3/t11-/m1/s1. The number of hydrogen-bond donors (Lipinski definition) is 1. The second-order valence-corrected chi connectivity index (χ2v) is 4.88. The molecule has 0 saturated carbocycles. The fourth-order valence-electron chi connectivity index (χ4n) is 2.14. The molecule has 1 aromatic rings. The van der Waals surface area contributed by atoms with Crippen molar-refractivity contribution in [3.63, 3.8) is 0 Å². The molecule has 0 bridgehead atoms. The predicted octanol–water partition coefficient (Wildman–Crippen LogP) is 0.362. The van der Waals surface area contributed by atoms with Crippen molar-refractivity contribution in [3.05, 3.63) is 16.3 Å². The highest BCUT2D eigenvalue weighted by Crippen LogP contribution is 2.31. The van der Waals surface area contributed by atoms with Crippen LogP contribution < -0.4 is 4.74 Å². The molecule has 12 heteroatoms. The summed E-state index contributed by atoms with van der Waals surface area (Å²) in [4.78, 5) is 22.1. The van der Waals surface area contributed by atoms with Crippen molar-refractivity contribution >= 4 is 17.3 Å². The monoisotopic (exact) mass is 333 g/mol. The number of carbonyl (C=O) groups excluding carboxylic acids is 1. The minimum atomic E-state index is -3.23. The van der Waals surface area contributed by atoms with Crippen LogP contribution in [0.5, 0.6) is 5.88 Å². The number of methoxy groups -OCH3 is 1. The molecule has 10 nitrogen and oxygen atoms in total. The summed E-state index contributed by atoms with van der Waals surface area (Å²) in [6, 6.07) is 0. The molecular formula is C11H13F2N5O5. The second kappa shape index (κ2) is 5.87. The lowest BCUT2D eigenvalue weighted by molar-refractivity contribution is -0.385. The van der Waals surface area contributed by atoms with E-state index < -0.39 is 41.6 Å². The van der Waals surface area contributed by atoms with Crippen LogP contribution in [0.3, 0.4) is 0 Å². The van der Waals surface area contributed by atoms with Crippen LogP contribution in [0.15, 0.2) is 11.3 Å². The molecule has 0 fully saturated rings. The van der Waals surface area contributed by atoms with Crippen LogP contribution in [-0.2, 0) is 11.3 Å². The first-order valence-corrected chi connectivity index (χ1v) is 6.32. The number of aliphatic hydroxyl groups is 1. The second-order valence-electron chi connectivity index (χ2n) is 4.88. The molecule has 1 aliphatic rings. The highest BCUT2D eigenvalue weighted by Gasteiger charge is 2.50. The van der Waals surface area contributed by atoms with Gasteiger partial charge in [-0.1, -0.05) is 0 Å². The average molecular weight is 333 g/mol. The molecule has 1 atom stereocenters. The number of alkyl halides is 2. The average Bonchev–Trinajstić information content (AvgIpc) is 3.00. The number of amides is 1. The summed E-state index contributed by atoms with van der Waals surface area (Å²) in [5.41, 5.74) is -3.06. The zero-order valence-corrected chi connectivity index (χ0v) is 12.1. The van der Waals surface area contributed by atoms with Crippen LogP contribution in [0.1, 0.15) is 13.3 Å². The molecule has 2 heterocycles. The Kier molecular flexibility index (Phi) is 4.27. The Morgan fingerprint density at radius 3 is 2.78 bits per heavy atom. The summed E-state index contributed by atoms with van der Waals surface area (Å²) in [6.45, 7) is 0.762. The Morgan fingerprint density at radius 2 is 2.30 bits per heavy atom. The quantitative estimate of drug-likeness (QED) is 0.613. The van der Waals surface area contributed by atoms with E-state index in [1.807, 2.05) is 0 Å². The minimum absolute atomic E-state index is 0.158. The third-order valence-corrected chi connectivity index (χ3v) is 3.14. The molecular weight excluding hydrogens is 320 g/mol. The van der Waals surface area contributed by atoms with Gasteiger partial charge >= 0.3 is 11.6 Å². The van der Waals surface area contributed by atoms with Gasteiger partial charge in [-0.25, -0.2) is 8.78 Å². The van der Waals surface area contributed by atoms with Gasteiger partial charge in [0.05, 0.1) is 12.0 Å². The first-order valence-electron chi connectivity index (χ1n) is 6.32. The smallest absolute Gasteiger partial charge is 0.350 e. The van der Waals surface area contributed by atoms with Crippen molar-refractivity contribution < 1.29 is 28.3 Å². The van der Waals surface area contributed by atoms with E-state index in [4.69, 9.17) is 4.74 Å². The summed E-state index contributed by atoms with van der Waals surface area (Å²) in [7, 11) is 1.16. The highest BCUT2D eigenvalue weighted by atomic mass is 19.3. The molecule has 1 N–H and O–H groups in total. The Morgan fingerprint density at radius 1 is 1.65 bits per heavy atom. The molecule has 23 heavy (non-hydrogen) atoms. The van der Waals surface area contributed by atoms with Gasteiger partial charge in [-0.05, 0) is 6.92 Å².